The molecular formula is C24H28. The predicted octanol–water partition coefficient (Wildman–Crippen LogP) is 6.31. The van der Waals surface area contributed by atoms with Crippen molar-refractivity contribution in [3.63, 3.8) is 0 Å². The third kappa shape index (κ3) is 3.73. The Morgan fingerprint density at radius 1 is 0.750 bits per heavy atom. The Balaban J connectivity index is 1.75. The smallest absolute Gasteiger partial charge is 0.0281 e. The molecule has 0 atom stereocenters. The zero-order valence-corrected chi connectivity index (χ0v) is 15.4. The maximum Gasteiger partial charge on any atom is 0.0281 e. The minimum atomic E-state index is 0.755. The summed E-state index contributed by atoms with van der Waals surface area (Å²) in [6.07, 6.45) is 5.43. The minimum absolute atomic E-state index is 0.755. The molecule has 1 fully saturated rings. The van der Waals surface area contributed by atoms with Gasteiger partial charge in [0.25, 0.3) is 0 Å². The normalized spacial score (nSPS) is 20.3. The fourth-order valence-electron chi connectivity index (χ4n) is 3.66. The number of hydrogen-bond donors (Lipinski definition) is 0. The first-order valence-corrected chi connectivity index (χ1v) is 9.23. The highest BCUT2D eigenvalue weighted by molar-refractivity contribution is 5.50. The maximum absolute atomic E-state index is 3.35. The standard InChI is InChI=1S/C24H28/c1-17-5-11-23(12-6-17)24-15-9-21(10-16-24)8-14-22-13-7-18(2)19(3)20(22)4/h7,9-10,13,15-17,23H,5-6,11-12H2,1-4H3. The monoisotopic (exact) mass is 316 g/mol. The van der Waals surface area contributed by atoms with Crippen LogP contribution >= 0.6 is 0 Å². The molecule has 0 bridgehead atoms. The first-order chi connectivity index (χ1) is 11.5. The quantitative estimate of drug-likeness (QED) is 0.541. The molecule has 0 spiro atoms. The van der Waals surface area contributed by atoms with Crippen molar-refractivity contribution in [2.75, 3.05) is 0 Å². The summed E-state index contributed by atoms with van der Waals surface area (Å²) in [5, 5.41) is 0. The Morgan fingerprint density at radius 3 is 2.08 bits per heavy atom. The van der Waals surface area contributed by atoms with Crippen molar-refractivity contribution in [2.24, 2.45) is 5.92 Å². The molecule has 124 valence electrons. The molecule has 0 saturated heterocycles. The first kappa shape index (κ1) is 16.8. The van der Waals surface area contributed by atoms with Crippen LogP contribution in [0.1, 0.15) is 71.9 Å². The highest BCUT2D eigenvalue weighted by Crippen LogP contribution is 2.35. The molecule has 1 saturated carbocycles. The van der Waals surface area contributed by atoms with Crippen molar-refractivity contribution in [1.82, 2.24) is 0 Å². The van der Waals surface area contributed by atoms with Gasteiger partial charge in [-0.3, -0.25) is 0 Å². The summed E-state index contributed by atoms with van der Waals surface area (Å²) in [4.78, 5) is 0. The molecule has 3 rings (SSSR count). The Kier molecular flexibility index (Phi) is 5.10. The third-order valence-corrected chi connectivity index (χ3v) is 5.80. The van der Waals surface area contributed by atoms with Gasteiger partial charge in [0, 0.05) is 11.1 Å². The fraction of sp³-hybridized carbons (Fsp3) is 0.417. The molecule has 0 unspecified atom stereocenters. The highest BCUT2D eigenvalue weighted by atomic mass is 14.2. The van der Waals surface area contributed by atoms with Crippen LogP contribution < -0.4 is 0 Å². The number of rotatable bonds is 1. The molecule has 0 heterocycles. The largest absolute Gasteiger partial charge is 0.0625 e. The molecule has 1 aliphatic rings. The Morgan fingerprint density at radius 2 is 1.42 bits per heavy atom. The predicted molar refractivity (Wildman–Crippen MR) is 103 cm³/mol. The van der Waals surface area contributed by atoms with Crippen molar-refractivity contribution < 1.29 is 0 Å². The van der Waals surface area contributed by atoms with Gasteiger partial charge in [0.15, 0.2) is 0 Å². The zero-order chi connectivity index (χ0) is 17.1. The van der Waals surface area contributed by atoms with Gasteiger partial charge in [-0.15, -0.1) is 0 Å². The molecule has 0 radical (unpaired) electrons. The molecule has 2 aromatic carbocycles. The molecule has 2 aromatic rings. The second kappa shape index (κ2) is 7.27. The van der Waals surface area contributed by atoms with Gasteiger partial charge in [0.05, 0.1) is 0 Å². The summed E-state index contributed by atoms with van der Waals surface area (Å²) >= 11 is 0. The zero-order valence-electron chi connectivity index (χ0n) is 15.4. The van der Waals surface area contributed by atoms with Gasteiger partial charge < -0.3 is 0 Å². The van der Waals surface area contributed by atoms with Crippen molar-refractivity contribution in [1.29, 1.82) is 0 Å². The highest BCUT2D eigenvalue weighted by Gasteiger charge is 2.19. The number of hydrogen-bond acceptors (Lipinski definition) is 0. The van der Waals surface area contributed by atoms with Crippen molar-refractivity contribution >= 4 is 0 Å². The van der Waals surface area contributed by atoms with E-state index >= 15 is 0 Å². The molecule has 1 aliphatic carbocycles. The van der Waals surface area contributed by atoms with E-state index in [2.05, 4.69) is 75.9 Å². The van der Waals surface area contributed by atoms with Gasteiger partial charge in [-0.1, -0.05) is 49.8 Å². The van der Waals surface area contributed by atoms with Gasteiger partial charge >= 0.3 is 0 Å². The average molecular weight is 316 g/mol. The van der Waals surface area contributed by atoms with E-state index in [4.69, 9.17) is 0 Å². The second-order valence-corrected chi connectivity index (χ2v) is 7.51. The lowest BCUT2D eigenvalue weighted by Crippen LogP contribution is -2.10. The van der Waals surface area contributed by atoms with E-state index < -0.39 is 0 Å². The lowest BCUT2D eigenvalue weighted by molar-refractivity contribution is 0.348. The Bertz CT molecular complexity index is 760. The van der Waals surface area contributed by atoms with Crippen LogP contribution in [0.2, 0.25) is 0 Å². The van der Waals surface area contributed by atoms with Gasteiger partial charge in [0.2, 0.25) is 0 Å². The van der Waals surface area contributed by atoms with Crippen LogP contribution in [-0.2, 0) is 0 Å². The summed E-state index contributed by atoms with van der Waals surface area (Å²) in [5.74, 6) is 8.35. The van der Waals surface area contributed by atoms with Crippen LogP contribution in [0.4, 0.5) is 0 Å². The third-order valence-electron chi connectivity index (χ3n) is 5.80. The Labute approximate surface area is 147 Å². The lowest BCUT2D eigenvalue weighted by atomic mass is 9.79. The first-order valence-electron chi connectivity index (χ1n) is 9.23. The van der Waals surface area contributed by atoms with E-state index in [1.165, 1.54) is 47.9 Å². The summed E-state index contributed by atoms with van der Waals surface area (Å²) in [6, 6.07) is 13.3. The van der Waals surface area contributed by atoms with Crippen molar-refractivity contribution in [2.45, 2.75) is 59.3 Å². The van der Waals surface area contributed by atoms with E-state index in [9.17, 15) is 0 Å². The van der Waals surface area contributed by atoms with Crippen LogP contribution in [0.5, 0.6) is 0 Å². The minimum Gasteiger partial charge on any atom is -0.0625 e. The van der Waals surface area contributed by atoms with Gasteiger partial charge in [0.1, 0.15) is 0 Å². The van der Waals surface area contributed by atoms with E-state index in [1.54, 1.807) is 0 Å². The molecular weight excluding hydrogens is 288 g/mol. The summed E-state index contributed by atoms with van der Waals surface area (Å²) in [6.45, 7) is 8.88. The van der Waals surface area contributed by atoms with Crippen LogP contribution in [0.25, 0.3) is 0 Å². The molecule has 0 aromatic heterocycles. The van der Waals surface area contributed by atoms with Crippen LogP contribution in [0.15, 0.2) is 36.4 Å². The van der Waals surface area contributed by atoms with Crippen LogP contribution in [0, 0.1) is 38.5 Å². The van der Waals surface area contributed by atoms with E-state index in [-0.39, 0.29) is 0 Å². The SMILES string of the molecule is Cc1ccc(C#Cc2ccc(C3CCC(C)CC3)cc2)c(C)c1C. The molecule has 0 amide bonds. The van der Waals surface area contributed by atoms with E-state index in [0.29, 0.717) is 0 Å². The second-order valence-electron chi connectivity index (χ2n) is 7.51. The Hall–Kier alpha value is -2.00. The summed E-state index contributed by atoms with van der Waals surface area (Å²) in [5.41, 5.74) is 7.74. The van der Waals surface area contributed by atoms with Gasteiger partial charge in [-0.2, -0.15) is 0 Å². The average Bonchev–Trinajstić information content (AvgIpc) is 2.60. The van der Waals surface area contributed by atoms with E-state index in [1.807, 2.05) is 0 Å². The fourth-order valence-corrected chi connectivity index (χ4v) is 3.66. The van der Waals surface area contributed by atoms with Gasteiger partial charge in [-0.05, 0) is 85.9 Å². The summed E-state index contributed by atoms with van der Waals surface area (Å²) in [7, 11) is 0. The number of aryl methyl sites for hydroxylation is 1. The lowest BCUT2D eigenvalue weighted by Gasteiger charge is -2.26. The topological polar surface area (TPSA) is 0 Å². The van der Waals surface area contributed by atoms with Crippen LogP contribution in [-0.4, -0.2) is 0 Å². The molecule has 0 aliphatic heterocycles. The maximum atomic E-state index is 3.35. The number of benzene rings is 2. The molecule has 0 N–H and O–H groups in total. The molecule has 0 heteroatoms. The van der Waals surface area contributed by atoms with E-state index in [0.717, 1.165) is 23.0 Å². The molecule has 24 heavy (non-hydrogen) atoms. The molecule has 0 nitrogen and oxygen atoms in total. The van der Waals surface area contributed by atoms with Crippen LogP contribution in [0.3, 0.4) is 0 Å². The van der Waals surface area contributed by atoms with Crippen molar-refractivity contribution in [3.05, 3.63) is 69.8 Å². The van der Waals surface area contributed by atoms with Gasteiger partial charge in [-0.25, -0.2) is 0 Å². The van der Waals surface area contributed by atoms with Crippen molar-refractivity contribution in [3.8, 4) is 11.8 Å². The summed E-state index contributed by atoms with van der Waals surface area (Å²) < 4.78 is 0.